The molecule has 1 atom stereocenters. The Morgan fingerprint density at radius 3 is 2.70 bits per heavy atom. The van der Waals surface area contributed by atoms with Crippen molar-refractivity contribution in [1.82, 2.24) is 19.6 Å². The topological polar surface area (TPSA) is 85.2 Å². The summed E-state index contributed by atoms with van der Waals surface area (Å²) in [5, 5.41) is 2.62. The number of hydrogen-bond donors (Lipinski definition) is 1. The number of nitrogens with zero attached hydrogens (tertiary/aromatic N) is 3. The average molecular weight is 517 g/mol. The number of methoxy groups -OCH3 is 1. The van der Waals surface area contributed by atoms with Gasteiger partial charge in [0.05, 0.1) is 48.9 Å². The maximum atomic E-state index is 15.5. The van der Waals surface area contributed by atoms with Gasteiger partial charge in [-0.05, 0) is 50.5 Å². The van der Waals surface area contributed by atoms with Crippen molar-refractivity contribution in [2.45, 2.75) is 44.8 Å². The Morgan fingerprint density at radius 2 is 2.00 bits per heavy atom. The molecule has 1 saturated carbocycles. The van der Waals surface area contributed by atoms with Crippen LogP contribution in [-0.4, -0.2) is 64.7 Å². The molecule has 1 N–H and O–H groups in total. The Balaban J connectivity index is 1.57. The number of aryl methyl sites for hydroxylation is 1. The first-order chi connectivity index (χ1) is 17.6. The number of pyridine rings is 1. The minimum absolute atomic E-state index is 0.0978. The average Bonchev–Trinajstić information content (AvgIpc) is 3.50. The standard InChI is InChI=1S/C26H27F3N4O4/c1-14-4-7-33-18(11-15-13-32(8-9-37-15)25(35)36-3)23(30-19(33)10-14)20-17(27)12-16(21(28)22(20)29)24(34)31-26(2)5-6-26/h4,7,10,12,15H,5-6,8-9,11,13H2,1-3H3,(H,31,34)/t15-/m0/s1. The lowest BCUT2D eigenvalue weighted by Crippen LogP contribution is -2.46. The molecule has 1 aliphatic carbocycles. The van der Waals surface area contributed by atoms with E-state index >= 15 is 13.2 Å². The van der Waals surface area contributed by atoms with Gasteiger partial charge in [0.25, 0.3) is 5.91 Å². The van der Waals surface area contributed by atoms with Crippen molar-refractivity contribution in [3.63, 3.8) is 0 Å². The zero-order valence-electron chi connectivity index (χ0n) is 20.7. The van der Waals surface area contributed by atoms with E-state index in [0.717, 1.165) is 5.56 Å². The molecule has 0 unspecified atom stereocenters. The van der Waals surface area contributed by atoms with Crippen LogP contribution in [0.3, 0.4) is 0 Å². The van der Waals surface area contributed by atoms with Crippen LogP contribution >= 0.6 is 0 Å². The Bertz CT molecular complexity index is 1400. The second-order valence-electron chi connectivity index (χ2n) is 9.88. The normalized spacial score (nSPS) is 18.6. The van der Waals surface area contributed by atoms with Crippen molar-refractivity contribution in [3.8, 4) is 11.3 Å². The molecule has 196 valence electrons. The Hall–Kier alpha value is -3.60. The summed E-state index contributed by atoms with van der Waals surface area (Å²) >= 11 is 0. The molecule has 2 amide bonds. The van der Waals surface area contributed by atoms with Gasteiger partial charge < -0.3 is 24.1 Å². The Labute approximate surface area is 211 Å². The quantitative estimate of drug-likeness (QED) is 0.518. The molecule has 1 aromatic carbocycles. The third-order valence-electron chi connectivity index (χ3n) is 6.93. The summed E-state index contributed by atoms with van der Waals surface area (Å²) in [6, 6.07) is 4.26. The van der Waals surface area contributed by atoms with E-state index in [-0.39, 0.29) is 25.3 Å². The van der Waals surface area contributed by atoms with Crippen molar-refractivity contribution >= 4 is 17.6 Å². The third-order valence-corrected chi connectivity index (χ3v) is 6.93. The number of nitrogens with one attached hydrogen (secondary N) is 1. The zero-order chi connectivity index (χ0) is 26.5. The van der Waals surface area contributed by atoms with Gasteiger partial charge in [0, 0.05) is 24.7 Å². The number of hydrogen-bond acceptors (Lipinski definition) is 5. The van der Waals surface area contributed by atoms with Crippen LogP contribution in [-0.2, 0) is 15.9 Å². The van der Waals surface area contributed by atoms with Gasteiger partial charge in [-0.25, -0.2) is 22.9 Å². The lowest BCUT2D eigenvalue weighted by molar-refractivity contribution is -0.0241. The van der Waals surface area contributed by atoms with E-state index in [4.69, 9.17) is 9.47 Å². The van der Waals surface area contributed by atoms with Crippen molar-refractivity contribution in [2.75, 3.05) is 26.8 Å². The van der Waals surface area contributed by atoms with Crippen LogP contribution in [0.1, 0.15) is 41.4 Å². The third kappa shape index (κ3) is 4.75. The van der Waals surface area contributed by atoms with E-state index in [0.29, 0.717) is 36.8 Å². The minimum atomic E-state index is -1.49. The number of benzene rings is 1. The number of imidazole rings is 1. The van der Waals surface area contributed by atoms with Crippen LogP contribution in [0.15, 0.2) is 24.4 Å². The van der Waals surface area contributed by atoms with Crippen molar-refractivity contribution in [3.05, 3.63) is 58.7 Å². The van der Waals surface area contributed by atoms with Gasteiger partial charge in [-0.15, -0.1) is 0 Å². The van der Waals surface area contributed by atoms with Crippen LogP contribution in [0.2, 0.25) is 0 Å². The van der Waals surface area contributed by atoms with Crippen molar-refractivity contribution in [1.29, 1.82) is 0 Å². The molecule has 11 heteroatoms. The van der Waals surface area contributed by atoms with Gasteiger partial charge in [-0.3, -0.25) is 4.79 Å². The maximum absolute atomic E-state index is 15.5. The summed E-state index contributed by atoms with van der Waals surface area (Å²) in [6.07, 6.45) is 2.24. The van der Waals surface area contributed by atoms with Gasteiger partial charge >= 0.3 is 6.09 Å². The molecular formula is C26H27F3N4O4. The maximum Gasteiger partial charge on any atom is 0.409 e. The summed E-state index contributed by atoms with van der Waals surface area (Å²) in [7, 11) is 1.28. The Kier molecular flexibility index (Phi) is 6.35. The molecule has 2 fully saturated rings. The van der Waals surface area contributed by atoms with Crippen LogP contribution < -0.4 is 5.32 Å². The number of halogens is 3. The minimum Gasteiger partial charge on any atom is -0.453 e. The molecule has 3 aromatic rings. The fraction of sp³-hybridized carbons (Fsp3) is 0.423. The summed E-state index contributed by atoms with van der Waals surface area (Å²) in [4.78, 5) is 30.5. The lowest BCUT2D eigenvalue weighted by atomic mass is 10.0. The van der Waals surface area contributed by atoms with Crippen molar-refractivity contribution in [2.24, 2.45) is 0 Å². The molecule has 5 rings (SSSR count). The van der Waals surface area contributed by atoms with E-state index in [9.17, 15) is 9.59 Å². The summed E-state index contributed by atoms with van der Waals surface area (Å²) < 4.78 is 58.3. The van der Waals surface area contributed by atoms with Crippen LogP contribution in [0.25, 0.3) is 16.9 Å². The predicted octanol–water partition coefficient (Wildman–Crippen LogP) is 4.02. The molecule has 2 aromatic heterocycles. The molecular weight excluding hydrogens is 489 g/mol. The molecule has 0 bridgehead atoms. The number of aromatic nitrogens is 2. The van der Waals surface area contributed by atoms with Crippen LogP contribution in [0.5, 0.6) is 0 Å². The molecule has 3 heterocycles. The largest absolute Gasteiger partial charge is 0.453 e. The summed E-state index contributed by atoms with van der Waals surface area (Å²) in [5.74, 6) is -4.91. The van der Waals surface area contributed by atoms with Gasteiger partial charge in [0.2, 0.25) is 0 Å². The highest BCUT2D eigenvalue weighted by molar-refractivity contribution is 5.96. The number of rotatable bonds is 5. The number of carbonyl (C=O) groups excluding carboxylic acids is 2. The second-order valence-corrected chi connectivity index (χ2v) is 9.88. The van der Waals surface area contributed by atoms with E-state index in [1.807, 2.05) is 13.0 Å². The van der Waals surface area contributed by atoms with E-state index in [1.54, 1.807) is 23.6 Å². The van der Waals surface area contributed by atoms with Gasteiger partial charge in [0.15, 0.2) is 11.6 Å². The second kappa shape index (κ2) is 9.37. The monoisotopic (exact) mass is 516 g/mol. The molecule has 2 aliphatic rings. The van der Waals surface area contributed by atoms with E-state index in [2.05, 4.69) is 10.3 Å². The smallest absolute Gasteiger partial charge is 0.409 e. The highest BCUT2D eigenvalue weighted by Crippen LogP contribution is 2.36. The first kappa shape index (κ1) is 25.1. The zero-order valence-corrected chi connectivity index (χ0v) is 20.7. The SMILES string of the molecule is COC(=O)N1CCO[C@@H](Cc2c(-c3c(F)cc(C(=O)NC4(C)CC4)c(F)c3F)nc3cc(C)ccn23)C1. The highest BCUT2D eigenvalue weighted by atomic mass is 19.2. The number of carbonyl (C=O) groups is 2. The van der Waals surface area contributed by atoms with Gasteiger partial charge in [-0.2, -0.15) is 0 Å². The molecule has 1 aliphatic heterocycles. The molecule has 0 spiro atoms. The first-order valence-corrected chi connectivity index (χ1v) is 12.0. The first-order valence-electron chi connectivity index (χ1n) is 12.0. The van der Waals surface area contributed by atoms with Crippen LogP contribution in [0.4, 0.5) is 18.0 Å². The number of fused-ring (bicyclic) bond motifs is 1. The molecule has 37 heavy (non-hydrogen) atoms. The van der Waals surface area contributed by atoms with E-state index < -0.39 is 52.2 Å². The summed E-state index contributed by atoms with van der Waals surface area (Å²) in [6.45, 7) is 4.43. The highest BCUT2D eigenvalue weighted by Gasteiger charge is 2.40. The summed E-state index contributed by atoms with van der Waals surface area (Å²) in [5.41, 5.74) is -0.283. The number of morpholine rings is 1. The van der Waals surface area contributed by atoms with Crippen LogP contribution in [0, 0.1) is 24.4 Å². The fourth-order valence-corrected chi connectivity index (χ4v) is 4.58. The number of amides is 2. The fourth-order valence-electron chi connectivity index (χ4n) is 4.58. The van der Waals surface area contributed by atoms with Crippen molar-refractivity contribution < 1.29 is 32.2 Å². The van der Waals surface area contributed by atoms with Gasteiger partial charge in [-0.1, -0.05) is 0 Å². The molecule has 8 nitrogen and oxygen atoms in total. The predicted molar refractivity (Wildman–Crippen MR) is 128 cm³/mol. The molecule has 1 saturated heterocycles. The molecule has 0 radical (unpaired) electrons. The lowest BCUT2D eigenvalue weighted by Gasteiger charge is -2.32. The van der Waals surface area contributed by atoms with E-state index in [1.165, 1.54) is 12.0 Å². The van der Waals surface area contributed by atoms with Gasteiger partial charge in [0.1, 0.15) is 11.5 Å². The number of ether oxygens (including phenoxy) is 2. The Morgan fingerprint density at radius 1 is 1.24 bits per heavy atom.